The number of hydrogen-bond acceptors (Lipinski definition) is 3. The molecule has 1 aromatic carbocycles. The van der Waals surface area contributed by atoms with Crippen molar-refractivity contribution in [2.24, 2.45) is 0 Å². The summed E-state index contributed by atoms with van der Waals surface area (Å²) in [6.45, 7) is 2.58. The van der Waals surface area contributed by atoms with Gasteiger partial charge in [0, 0.05) is 11.3 Å². The van der Waals surface area contributed by atoms with Gasteiger partial charge in [-0.2, -0.15) is 11.8 Å². The van der Waals surface area contributed by atoms with Gasteiger partial charge in [0.2, 0.25) is 0 Å². The summed E-state index contributed by atoms with van der Waals surface area (Å²) >= 11 is 8.14. The van der Waals surface area contributed by atoms with E-state index in [9.17, 15) is 4.79 Å². The van der Waals surface area contributed by atoms with Crippen LogP contribution < -0.4 is 5.56 Å². The van der Waals surface area contributed by atoms with E-state index in [0.29, 0.717) is 17.8 Å². The molecule has 1 unspecified atom stereocenters. The zero-order valence-electron chi connectivity index (χ0n) is 12.3. The summed E-state index contributed by atoms with van der Waals surface area (Å²) in [5.41, 5.74) is 0.761. The molecule has 1 heterocycles. The fourth-order valence-corrected chi connectivity index (χ4v) is 4.05. The highest BCUT2D eigenvalue weighted by atomic mass is 35.5. The number of nitrogens with zero attached hydrogens (tertiary/aromatic N) is 2. The normalized spacial score (nSPS) is 18.4. The first-order chi connectivity index (χ1) is 10.1. The predicted molar refractivity (Wildman–Crippen MR) is 90.4 cm³/mol. The van der Waals surface area contributed by atoms with Crippen LogP contribution in [-0.4, -0.2) is 20.6 Å². The van der Waals surface area contributed by atoms with Crippen molar-refractivity contribution in [2.45, 2.75) is 42.9 Å². The van der Waals surface area contributed by atoms with Crippen LogP contribution in [0.5, 0.6) is 0 Å². The van der Waals surface area contributed by atoms with Crippen molar-refractivity contribution in [3.05, 3.63) is 40.4 Å². The van der Waals surface area contributed by atoms with Crippen molar-refractivity contribution in [3.63, 3.8) is 0 Å². The number of rotatable bonds is 4. The van der Waals surface area contributed by atoms with Crippen LogP contribution in [0.4, 0.5) is 0 Å². The molecule has 21 heavy (non-hydrogen) atoms. The Kier molecular flexibility index (Phi) is 4.02. The predicted octanol–water partition coefficient (Wildman–Crippen LogP) is 3.98. The molecule has 1 fully saturated rings. The van der Waals surface area contributed by atoms with Gasteiger partial charge in [-0.3, -0.25) is 9.36 Å². The van der Waals surface area contributed by atoms with E-state index in [4.69, 9.17) is 11.6 Å². The minimum atomic E-state index is -0.277. The summed E-state index contributed by atoms with van der Waals surface area (Å²) in [6.07, 6.45) is 5.68. The second kappa shape index (κ2) is 5.65. The Morgan fingerprint density at radius 2 is 2.14 bits per heavy atom. The summed E-state index contributed by atoms with van der Waals surface area (Å²) in [5, 5.41) is 0.399. The molecule has 112 valence electrons. The van der Waals surface area contributed by atoms with Crippen LogP contribution >= 0.6 is 23.4 Å². The molecule has 5 heteroatoms. The zero-order chi connectivity index (χ0) is 15.0. The molecular weight excluding hydrogens is 304 g/mol. The molecule has 1 aromatic heterocycles. The number of benzene rings is 1. The molecule has 0 radical (unpaired) electrons. The van der Waals surface area contributed by atoms with Crippen LogP contribution in [0, 0.1) is 0 Å². The molecule has 3 nitrogen and oxygen atoms in total. The highest BCUT2D eigenvalue weighted by Crippen LogP contribution is 2.44. The van der Waals surface area contributed by atoms with Crippen molar-refractivity contribution in [1.29, 1.82) is 0 Å². The first-order valence-electron chi connectivity index (χ1n) is 7.25. The molecule has 1 saturated carbocycles. The maximum atomic E-state index is 12.8. The van der Waals surface area contributed by atoms with Gasteiger partial charge in [-0.05, 0) is 38.2 Å². The number of hydrogen-bond donors (Lipinski definition) is 0. The van der Waals surface area contributed by atoms with E-state index in [-0.39, 0.29) is 15.7 Å². The van der Waals surface area contributed by atoms with Gasteiger partial charge in [-0.25, -0.2) is 4.98 Å². The van der Waals surface area contributed by atoms with Gasteiger partial charge in [-0.15, -0.1) is 11.6 Å². The Balaban J connectivity index is 2.17. The molecular formula is C16H19ClN2OS. The van der Waals surface area contributed by atoms with Gasteiger partial charge >= 0.3 is 0 Å². The lowest BCUT2D eigenvalue weighted by molar-refractivity contribution is 0.314. The molecule has 1 aliphatic carbocycles. The Hall–Kier alpha value is -1.00. The second-order valence-electron chi connectivity index (χ2n) is 5.74. The summed E-state index contributed by atoms with van der Waals surface area (Å²) < 4.78 is 1.98. The summed E-state index contributed by atoms with van der Waals surface area (Å²) in [7, 11) is 0. The van der Waals surface area contributed by atoms with Gasteiger partial charge in [0.05, 0.1) is 16.3 Å². The maximum absolute atomic E-state index is 12.8. The molecule has 0 saturated heterocycles. The van der Waals surface area contributed by atoms with E-state index in [2.05, 4.69) is 11.2 Å². The van der Waals surface area contributed by atoms with Gasteiger partial charge in [0.1, 0.15) is 5.82 Å². The number of para-hydroxylation sites is 1. The molecule has 0 bridgehead atoms. The number of thioether (sulfide) groups is 1. The maximum Gasteiger partial charge on any atom is 0.261 e. The van der Waals surface area contributed by atoms with Crippen LogP contribution in [0.1, 0.15) is 37.4 Å². The minimum Gasteiger partial charge on any atom is -0.293 e. The van der Waals surface area contributed by atoms with E-state index in [1.165, 1.54) is 6.42 Å². The standard InChI is InChI=1S/C16H19ClN2OS/c1-11(17)14-18-13-7-4-3-6-12(13)15(20)19(14)10-16(21-2)8-5-9-16/h3-4,6-7,11H,5,8-10H2,1-2H3. The smallest absolute Gasteiger partial charge is 0.261 e. The average molecular weight is 323 g/mol. The summed E-state index contributed by atoms with van der Waals surface area (Å²) in [6, 6.07) is 7.50. The van der Waals surface area contributed by atoms with Crippen LogP contribution in [-0.2, 0) is 6.54 Å². The van der Waals surface area contributed by atoms with Crippen molar-refractivity contribution in [1.82, 2.24) is 9.55 Å². The van der Waals surface area contributed by atoms with Crippen LogP contribution in [0.25, 0.3) is 10.9 Å². The van der Waals surface area contributed by atoms with Crippen LogP contribution in [0.2, 0.25) is 0 Å². The van der Waals surface area contributed by atoms with Gasteiger partial charge in [0.15, 0.2) is 0 Å². The van der Waals surface area contributed by atoms with E-state index < -0.39 is 0 Å². The Morgan fingerprint density at radius 3 is 2.71 bits per heavy atom. The fourth-order valence-electron chi connectivity index (χ4n) is 2.93. The van der Waals surface area contributed by atoms with Gasteiger partial charge in [-0.1, -0.05) is 18.6 Å². The minimum absolute atomic E-state index is 0.0309. The topological polar surface area (TPSA) is 34.9 Å². The molecule has 0 N–H and O–H groups in total. The van der Waals surface area contributed by atoms with Gasteiger partial charge in [0.25, 0.3) is 5.56 Å². The Labute approximate surface area is 133 Å². The van der Waals surface area contributed by atoms with Crippen molar-refractivity contribution < 1.29 is 0 Å². The first kappa shape index (κ1) is 14.9. The Morgan fingerprint density at radius 1 is 1.43 bits per heavy atom. The van der Waals surface area contributed by atoms with E-state index in [0.717, 1.165) is 18.4 Å². The van der Waals surface area contributed by atoms with E-state index in [1.807, 2.05) is 43.0 Å². The lowest BCUT2D eigenvalue weighted by Gasteiger charge is -2.41. The fraction of sp³-hybridized carbons (Fsp3) is 0.500. The third kappa shape index (κ3) is 2.59. The van der Waals surface area contributed by atoms with Crippen molar-refractivity contribution in [3.8, 4) is 0 Å². The second-order valence-corrected chi connectivity index (χ2v) is 7.66. The van der Waals surface area contributed by atoms with Crippen LogP contribution in [0.3, 0.4) is 0 Å². The summed E-state index contributed by atoms with van der Waals surface area (Å²) in [5.74, 6) is 0.681. The van der Waals surface area contributed by atoms with E-state index >= 15 is 0 Å². The van der Waals surface area contributed by atoms with Gasteiger partial charge < -0.3 is 0 Å². The number of fused-ring (bicyclic) bond motifs is 1. The molecule has 3 rings (SSSR count). The third-order valence-corrected chi connectivity index (χ3v) is 5.99. The SMILES string of the molecule is CSC1(Cn2c(C(C)Cl)nc3ccccc3c2=O)CCC1. The quantitative estimate of drug-likeness (QED) is 0.798. The zero-order valence-corrected chi connectivity index (χ0v) is 13.9. The lowest BCUT2D eigenvalue weighted by Crippen LogP contribution is -2.42. The number of halogens is 1. The number of alkyl halides is 1. The highest BCUT2D eigenvalue weighted by molar-refractivity contribution is 8.00. The molecule has 0 spiro atoms. The van der Waals surface area contributed by atoms with Crippen LogP contribution in [0.15, 0.2) is 29.1 Å². The van der Waals surface area contributed by atoms with Crippen molar-refractivity contribution >= 4 is 34.3 Å². The highest BCUT2D eigenvalue weighted by Gasteiger charge is 2.37. The summed E-state index contributed by atoms with van der Waals surface area (Å²) in [4.78, 5) is 17.5. The van der Waals surface area contributed by atoms with E-state index in [1.54, 1.807) is 4.57 Å². The molecule has 0 aliphatic heterocycles. The molecule has 1 atom stereocenters. The third-order valence-electron chi connectivity index (χ3n) is 4.39. The number of aromatic nitrogens is 2. The molecule has 1 aliphatic rings. The largest absolute Gasteiger partial charge is 0.293 e. The first-order valence-corrected chi connectivity index (χ1v) is 8.91. The lowest BCUT2D eigenvalue weighted by atomic mass is 9.84. The Bertz CT molecular complexity index is 716. The van der Waals surface area contributed by atoms with Crippen molar-refractivity contribution in [2.75, 3.05) is 6.26 Å². The average Bonchev–Trinajstić information content (AvgIpc) is 2.44. The molecule has 2 aromatic rings. The molecule has 0 amide bonds. The monoisotopic (exact) mass is 322 g/mol.